The van der Waals surface area contributed by atoms with Crippen LogP contribution in [0.2, 0.25) is 0 Å². The second-order valence-electron chi connectivity index (χ2n) is 6.15. The molecular weight excluding hydrogens is 451 g/mol. The van der Waals surface area contributed by atoms with Crippen LogP contribution in [0.4, 0.5) is 17.3 Å². The van der Waals surface area contributed by atoms with Crippen LogP contribution in [0.5, 0.6) is 5.75 Å². The number of ether oxygens (including phenoxy) is 2. The zero-order valence-electron chi connectivity index (χ0n) is 16.5. The van der Waals surface area contributed by atoms with E-state index in [1.807, 2.05) is 18.2 Å². The minimum Gasteiger partial charge on any atom is -0.496 e. The van der Waals surface area contributed by atoms with Gasteiger partial charge >= 0.3 is 13.2 Å². The smallest absolute Gasteiger partial charge is 0.496 e. The topological polar surface area (TPSA) is 35.5 Å². The summed E-state index contributed by atoms with van der Waals surface area (Å²) in [4.78, 5) is 18.4. The SMILES string of the molecule is COC(=O)c1cc([S+]2c3ccccc3Sc3ccccc32)ccc1OC.F[B-](F)(F)F. The van der Waals surface area contributed by atoms with Crippen molar-refractivity contribution in [2.45, 2.75) is 24.5 Å². The summed E-state index contributed by atoms with van der Waals surface area (Å²) in [6.07, 6.45) is 0. The third-order valence-corrected chi connectivity index (χ3v) is 7.90. The predicted octanol–water partition coefficient (Wildman–Crippen LogP) is 6.34. The Morgan fingerprint density at radius 2 is 1.39 bits per heavy atom. The molecule has 162 valence electrons. The van der Waals surface area contributed by atoms with Crippen molar-refractivity contribution in [2.24, 2.45) is 0 Å². The minimum absolute atomic E-state index is 0.281. The molecule has 3 nitrogen and oxygen atoms in total. The Hall–Kier alpha value is -2.59. The lowest BCUT2D eigenvalue weighted by Crippen LogP contribution is -2.12. The Kier molecular flexibility index (Phi) is 7.22. The van der Waals surface area contributed by atoms with E-state index in [-0.39, 0.29) is 16.9 Å². The maximum atomic E-state index is 12.2. The van der Waals surface area contributed by atoms with Crippen molar-refractivity contribution in [1.29, 1.82) is 0 Å². The van der Waals surface area contributed by atoms with Crippen molar-refractivity contribution in [1.82, 2.24) is 0 Å². The van der Waals surface area contributed by atoms with Crippen molar-refractivity contribution < 1.29 is 31.5 Å². The predicted molar refractivity (Wildman–Crippen MR) is 114 cm³/mol. The van der Waals surface area contributed by atoms with Gasteiger partial charge in [0, 0.05) is 6.07 Å². The Labute approximate surface area is 184 Å². The Morgan fingerprint density at radius 1 is 0.871 bits per heavy atom. The zero-order valence-corrected chi connectivity index (χ0v) is 18.1. The molecule has 0 amide bonds. The fourth-order valence-corrected chi connectivity index (χ4v) is 6.75. The van der Waals surface area contributed by atoms with E-state index in [0.29, 0.717) is 11.3 Å². The Balaban J connectivity index is 0.000000491. The molecule has 0 bridgehead atoms. The lowest BCUT2D eigenvalue weighted by atomic mass is 10.2. The molecule has 0 saturated carbocycles. The van der Waals surface area contributed by atoms with Crippen molar-refractivity contribution in [3.8, 4) is 5.75 Å². The molecule has 1 aliphatic heterocycles. The number of carbonyl (C=O) groups is 1. The lowest BCUT2D eigenvalue weighted by Gasteiger charge is -2.19. The molecule has 0 radical (unpaired) electrons. The number of methoxy groups -OCH3 is 2. The molecule has 3 aromatic carbocycles. The molecule has 0 aliphatic carbocycles. The summed E-state index contributed by atoms with van der Waals surface area (Å²) in [5.41, 5.74) is 0.452. The number of esters is 1. The molecule has 0 N–H and O–H groups in total. The summed E-state index contributed by atoms with van der Waals surface area (Å²) >= 11 is 1.79. The first-order chi connectivity index (χ1) is 14.7. The van der Waals surface area contributed by atoms with Crippen LogP contribution in [-0.4, -0.2) is 27.4 Å². The van der Waals surface area contributed by atoms with Crippen LogP contribution in [0.15, 0.2) is 91.2 Å². The third kappa shape index (κ3) is 5.56. The number of benzene rings is 3. The molecule has 31 heavy (non-hydrogen) atoms. The van der Waals surface area contributed by atoms with Gasteiger partial charge in [-0.3, -0.25) is 0 Å². The molecule has 10 heteroatoms. The van der Waals surface area contributed by atoms with Gasteiger partial charge in [-0.1, -0.05) is 36.0 Å². The van der Waals surface area contributed by atoms with Crippen LogP contribution >= 0.6 is 11.8 Å². The minimum atomic E-state index is -6.00. The van der Waals surface area contributed by atoms with E-state index in [4.69, 9.17) is 9.47 Å². The normalized spacial score (nSPS) is 12.7. The summed E-state index contributed by atoms with van der Waals surface area (Å²) in [5.74, 6) is 0.136. The highest BCUT2D eigenvalue weighted by atomic mass is 32.2. The van der Waals surface area contributed by atoms with Gasteiger partial charge in [-0.25, -0.2) is 4.79 Å². The molecule has 0 fully saturated rings. The molecule has 4 rings (SSSR count). The fourth-order valence-electron chi connectivity index (χ4n) is 2.98. The summed E-state index contributed by atoms with van der Waals surface area (Å²) in [6, 6.07) is 22.7. The van der Waals surface area contributed by atoms with Crippen molar-refractivity contribution in [2.75, 3.05) is 14.2 Å². The van der Waals surface area contributed by atoms with Gasteiger partial charge in [0.2, 0.25) is 0 Å². The second-order valence-corrected chi connectivity index (χ2v) is 9.20. The Bertz CT molecular complexity index is 1040. The van der Waals surface area contributed by atoms with Gasteiger partial charge in [-0.15, -0.1) is 0 Å². The number of hydrogen-bond acceptors (Lipinski definition) is 4. The molecule has 0 atom stereocenters. The van der Waals surface area contributed by atoms with Crippen molar-refractivity contribution >= 4 is 35.9 Å². The number of fused-ring (bicyclic) bond motifs is 2. The molecule has 1 aliphatic rings. The van der Waals surface area contributed by atoms with E-state index in [1.165, 1.54) is 26.7 Å². The highest BCUT2D eigenvalue weighted by Crippen LogP contribution is 2.48. The fraction of sp³-hybridized carbons (Fsp3) is 0.0952. The van der Waals surface area contributed by atoms with Gasteiger partial charge in [-0.2, -0.15) is 0 Å². The van der Waals surface area contributed by atoms with Crippen LogP contribution in [-0.2, 0) is 15.6 Å². The van der Waals surface area contributed by atoms with Gasteiger partial charge in [0.05, 0.1) is 24.0 Å². The van der Waals surface area contributed by atoms with Gasteiger partial charge < -0.3 is 26.7 Å². The number of rotatable bonds is 3. The summed E-state index contributed by atoms with van der Waals surface area (Å²) in [5, 5.41) is 0. The van der Waals surface area contributed by atoms with Crippen LogP contribution in [0.1, 0.15) is 10.4 Å². The van der Waals surface area contributed by atoms with Crippen molar-refractivity contribution in [3.05, 3.63) is 72.3 Å². The zero-order chi connectivity index (χ0) is 22.6. The summed E-state index contributed by atoms with van der Waals surface area (Å²) in [6.45, 7) is 0. The van der Waals surface area contributed by atoms with E-state index in [1.54, 1.807) is 18.9 Å². The second kappa shape index (κ2) is 9.70. The van der Waals surface area contributed by atoms with Crippen LogP contribution in [0.3, 0.4) is 0 Å². The van der Waals surface area contributed by atoms with E-state index in [2.05, 4.69) is 48.5 Å². The van der Waals surface area contributed by atoms with Crippen molar-refractivity contribution in [3.63, 3.8) is 0 Å². The maximum Gasteiger partial charge on any atom is 0.673 e. The van der Waals surface area contributed by atoms with Crippen LogP contribution < -0.4 is 4.74 Å². The van der Waals surface area contributed by atoms with E-state index in [0.717, 1.165) is 4.90 Å². The van der Waals surface area contributed by atoms with Gasteiger partial charge in [0.1, 0.15) is 22.2 Å². The third-order valence-electron chi connectivity index (χ3n) is 4.17. The monoisotopic (exact) mass is 468 g/mol. The van der Waals surface area contributed by atoms with Crippen LogP contribution in [0.25, 0.3) is 0 Å². The first-order valence-electron chi connectivity index (χ1n) is 8.97. The maximum absolute atomic E-state index is 12.2. The molecule has 0 spiro atoms. The van der Waals surface area contributed by atoms with Gasteiger partial charge in [-0.05, 0) is 36.4 Å². The van der Waals surface area contributed by atoms with E-state index in [9.17, 15) is 22.1 Å². The first kappa shape index (κ1) is 23.1. The molecule has 1 heterocycles. The quantitative estimate of drug-likeness (QED) is 0.152. The largest absolute Gasteiger partial charge is 0.673 e. The van der Waals surface area contributed by atoms with Crippen LogP contribution in [0, 0.1) is 0 Å². The number of carbonyl (C=O) groups excluding carboxylic acids is 1. The number of halogens is 4. The Morgan fingerprint density at radius 3 is 1.87 bits per heavy atom. The van der Waals surface area contributed by atoms with Gasteiger partial charge in [0.25, 0.3) is 0 Å². The average molecular weight is 468 g/mol. The lowest BCUT2D eigenvalue weighted by molar-refractivity contribution is 0.0596. The molecule has 0 unspecified atom stereocenters. The molecule has 3 aromatic rings. The molecule has 0 saturated heterocycles. The molecule has 0 aromatic heterocycles. The average Bonchev–Trinajstić information content (AvgIpc) is 2.75. The van der Waals surface area contributed by atoms with Gasteiger partial charge in [0.15, 0.2) is 14.7 Å². The van der Waals surface area contributed by atoms with E-state index >= 15 is 0 Å². The summed E-state index contributed by atoms with van der Waals surface area (Å²) in [7, 11) is -3.33. The highest BCUT2D eigenvalue weighted by molar-refractivity contribution is 8.04. The highest BCUT2D eigenvalue weighted by Gasteiger charge is 2.38. The first-order valence-corrected chi connectivity index (χ1v) is 11.0. The molecular formula is C21H17BF4O3S2. The van der Waals surface area contributed by atoms with E-state index < -0.39 is 7.25 Å². The number of hydrogen-bond donors (Lipinski definition) is 0. The summed E-state index contributed by atoms with van der Waals surface area (Å²) < 4.78 is 49.3. The standard InChI is InChI=1S/C21H17O3S2.BF4/c1-23-16-12-11-14(13-15(16)21(22)24-2)26-19-9-5-3-7-17(19)25-18-8-4-6-10-20(18)26;2-1(3,4)5/h3-13H,1-2H3;/q+1;-1.